The zero-order chi connectivity index (χ0) is 14.6. The molecule has 6 heteroatoms. The number of benzene rings is 1. The van der Waals surface area contributed by atoms with E-state index in [4.69, 9.17) is 5.11 Å². The molecule has 0 saturated heterocycles. The average molecular weight is 285 g/mol. The molecule has 0 aliphatic rings. The molecule has 0 aliphatic carbocycles. The van der Waals surface area contributed by atoms with Crippen LogP contribution in [0.5, 0.6) is 0 Å². The first-order chi connectivity index (χ1) is 8.75. The minimum atomic E-state index is -3.50. The normalized spacial score (nSPS) is 13.0. The first kappa shape index (κ1) is 15.5. The van der Waals surface area contributed by atoms with Crippen LogP contribution in [0.4, 0.5) is 5.69 Å². The van der Waals surface area contributed by atoms with E-state index in [1.54, 1.807) is 12.1 Å². The summed E-state index contributed by atoms with van der Waals surface area (Å²) in [5.74, 6) is -1.78. The molecule has 1 aromatic carbocycles. The summed E-state index contributed by atoms with van der Waals surface area (Å²) in [4.78, 5) is 10.9. The second-order valence-corrected chi connectivity index (χ2v) is 6.46. The maximum atomic E-state index is 11.8. The van der Waals surface area contributed by atoms with Crippen LogP contribution in [0, 0.1) is 5.92 Å². The minimum Gasteiger partial charge on any atom is -0.481 e. The molecule has 0 radical (unpaired) electrons. The highest BCUT2D eigenvalue weighted by Gasteiger charge is 2.23. The van der Waals surface area contributed by atoms with Crippen molar-refractivity contribution in [3.63, 3.8) is 0 Å². The molecule has 0 spiro atoms. The van der Waals surface area contributed by atoms with E-state index in [2.05, 4.69) is 0 Å². The molecule has 1 rings (SSSR count). The van der Waals surface area contributed by atoms with Crippen molar-refractivity contribution in [1.29, 1.82) is 0 Å². The molecule has 1 atom stereocenters. The van der Waals surface area contributed by atoms with Crippen LogP contribution >= 0.6 is 0 Å². The third kappa shape index (κ3) is 4.24. The van der Waals surface area contributed by atoms with Crippen LogP contribution in [0.15, 0.2) is 24.3 Å². The predicted molar refractivity (Wildman–Crippen MR) is 74.8 cm³/mol. The number of carbonyl (C=O) groups is 1. The molecular formula is C13H19NO4S. The van der Waals surface area contributed by atoms with Crippen molar-refractivity contribution >= 4 is 21.7 Å². The molecular weight excluding hydrogens is 266 g/mol. The Hall–Kier alpha value is -1.56. The Morgan fingerprint density at radius 2 is 1.84 bits per heavy atom. The maximum Gasteiger partial charge on any atom is 0.308 e. The second kappa shape index (κ2) is 6.06. The van der Waals surface area contributed by atoms with Gasteiger partial charge in [0.05, 0.1) is 17.9 Å². The first-order valence-corrected chi connectivity index (χ1v) is 7.90. The van der Waals surface area contributed by atoms with Crippen molar-refractivity contribution < 1.29 is 18.3 Å². The van der Waals surface area contributed by atoms with Crippen molar-refractivity contribution in [2.45, 2.75) is 20.3 Å². The van der Waals surface area contributed by atoms with Crippen molar-refractivity contribution in [2.75, 3.05) is 17.1 Å². The zero-order valence-corrected chi connectivity index (χ0v) is 12.1. The number of aryl methyl sites for hydroxylation is 1. The van der Waals surface area contributed by atoms with Gasteiger partial charge >= 0.3 is 5.97 Å². The Labute approximate surface area is 113 Å². The van der Waals surface area contributed by atoms with Gasteiger partial charge in [-0.3, -0.25) is 9.10 Å². The smallest absolute Gasteiger partial charge is 0.308 e. The fourth-order valence-electron chi connectivity index (χ4n) is 1.66. The van der Waals surface area contributed by atoms with E-state index in [9.17, 15) is 13.2 Å². The Morgan fingerprint density at radius 3 is 2.21 bits per heavy atom. The summed E-state index contributed by atoms with van der Waals surface area (Å²) in [5.41, 5.74) is 1.59. The number of aliphatic carboxylic acids is 1. The van der Waals surface area contributed by atoms with Crippen LogP contribution in [0.25, 0.3) is 0 Å². The van der Waals surface area contributed by atoms with Crippen LogP contribution in [-0.4, -0.2) is 32.3 Å². The lowest BCUT2D eigenvalue weighted by molar-refractivity contribution is -0.140. The molecule has 0 amide bonds. The molecule has 0 saturated carbocycles. The van der Waals surface area contributed by atoms with Gasteiger partial charge in [-0.2, -0.15) is 0 Å². The highest BCUT2D eigenvalue weighted by atomic mass is 32.2. The number of carboxylic acids is 1. The molecule has 0 aromatic heterocycles. The summed E-state index contributed by atoms with van der Waals surface area (Å²) >= 11 is 0. The number of rotatable bonds is 6. The molecule has 1 unspecified atom stereocenters. The van der Waals surface area contributed by atoms with Gasteiger partial charge in [0.25, 0.3) is 0 Å². The van der Waals surface area contributed by atoms with E-state index in [1.807, 2.05) is 19.1 Å². The summed E-state index contributed by atoms with van der Waals surface area (Å²) in [6.07, 6.45) is 1.94. The van der Waals surface area contributed by atoms with Crippen LogP contribution in [0.3, 0.4) is 0 Å². The number of sulfonamides is 1. The predicted octanol–water partition coefficient (Wildman–Crippen LogP) is 1.74. The van der Waals surface area contributed by atoms with Gasteiger partial charge in [0.15, 0.2) is 0 Å². The monoisotopic (exact) mass is 285 g/mol. The van der Waals surface area contributed by atoms with Crippen molar-refractivity contribution in [3.05, 3.63) is 29.8 Å². The topological polar surface area (TPSA) is 74.7 Å². The Kier molecular flexibility index (Phi) is 4.94. The number of carboxylic acid groups (broad SMARTS) is 1. The third-order valence-electron chi connectivity index (χ3n) is 2.89. The summed E-state index contributed by atoms with van der Waals surface area (Å²) in [5, 5.41) is 8.90. The molecule has 5 nitrogen and oxygen atoms in total. The molecule has 0 heterocycles. The van der Waals surface area contributed by atoms with E-state index >= 15 is 0 Å². The molecule has 0 aliphatic heterocycles. The lowest BCUT2D eigenvalue weighted by Gasteiger charge is -2.24. The second-order valence-electron chi connectivity index (χ2n) is 4.55. The van der Waals surface area contributed by atoms with Crippen molar-refractivity contribution in [1.82, 2.24) is 0 Å². The quantitative estimate of drug-likeness (QED) is 0.864. The summed E-state index contributed by atoms with van der Waals surface area (Å²) in [6, 6.07) is 7.10. The summed E-state index contributed by atoms with van der Waals surface area (Å²) in [7, 11) is -3.50. The standard InChI is InChI=1S/C13H19NO4S/c1-4-11-5-7-12(8-6-11)14(19(3,17)18)9-10(2)13(15)16/h5-8,10H,4,9H2,1-3H3,(H,15,16). The van der Waals surface area contributed by atoms with Gasteiger partial charge in [-0.15, -0.1) is 0 Å². The van der Waals surface area contributed by atoms with Crippen LogP contribution in [0.2, 0.25) is 0 Å². The van der Waals surface area contributed by atoms with E-state index in [1.165, 1.54) is 6.92 Å². The van der Waals surface area contributed by atoms with Gasteiger partial charge in [0.2, 0.25) is 10.0 Å². The van der Waals surface area contributed by atoms with E-state index in [0.717, 1.165) is 22.5 Å². The first-order valence-electron chi connectivity index (χ1n) is 6.05. The van der Waals surface area contributed by atoms with Gasteiger partial charge in [0, 0.05) is 6.54 Å². The van der Waals surface area contributed by atoms with Crippen LogP contribution in [0.1, 0.15) is 19.4 Å². The molecule has 1 aromatic rings. The van der Waals surface area contributed by atoms with Crippen molar-refractivity contribution in [2.24, 2.45) is 5.92 Å². The molecule has 1 N–H and O–H groups in total. The van der Waals surface area contributed by atoms with Crippen LogP contribution in [-0.2, 0) is 21.2 Å². The SMILES string of the molecule is CCc1ccc(N(CC(C)C(=O)O)S(C)(=O)=O)cc1. The van der Waals surface area contributed by atoms with Crippen LogP contribution < -0.4 is 4.31 Å². The fourth-order valence-corrected chi connectivity index (χ4v) is 2.66. The maximum absolute atomic E-state index is 11.8. The van der Waals surface area contributed by atoms with Gasteiger partial charge in [0.1, 0.15) is 0 Å². The highest BCUT2D eigenvalue weighted by Crippen LogP contribution is 2.20. The Bertz CT molecular complexity index is 536. The highest BCUT2D eigenvalue weighted by molar-refractivity contribution is 7.92. The van der Waals surface area contributed by atoms with Gasteiger partial charge in [-0.1, -0.05) is 26.0 Å². The largest absolute Gasteiger partial charge is 0.481 e. The van der Waals surface area contributed by atoms with Gasteiger partial charge < -0.3 is 5.11 Å². The zero-order valence-electron chi connectivity index (χ0n) is 11.3. The molecule has 0 bridgehead atoms. The molecule has 19 heavy (non-hydrogen) atoms. The number of hydrogen-bond donors (Lipinski definition) is 1. The molecule has 106 valence electrons. The third-order valence-corrected chi connectivity index (χ3v) is 4.05. The average Bonchev–Trinajstić information content (AvgIpc) is 2.34. The van der Waals surface area contributed by atoms with E-state index < -0.39 is 21.9 Å². The van der Waals surface area contributed by atoms with Gasteiger partial charge in [-0.25, -0.2) is 8.42 Å². The minimum absolute atomic E-state index is 0.0698. The lowest BCUT2D eigenvalue weighted by atomic mass is 10.1. The van der Waals surface area contributed by atoms with Gasteiger partial charge in [-0.05, 0) is 24.1 Å². The summed E-state index contributed by atoms with van der Waals surface area (Å²) in [6.45, 7) is 3.43. The fraction of sp³-hybridized carbons (Fsp3) is 0.462. The summed E-state index contributed by atoms with van der Waals surface area (Å²) < 4.78 is 24.7. The van der Waals surface area contributed by atoms with E-state index in [0.29, 0.717) is 5.69 Å². The number of anilines is 1. The number of nitrogens with zero attached hydrogens (tertiary/aromatic N) is 1. The Balaban J connectivity index is 3.06. The Morgan fingerprint density at radius 1 is 1.32 bits per heavy atom. The molecule has 0 fully saturated rings. The number of hydrogen-bond acceptors (Lipinski definition) is 3. The van der Waals surface area contributed by atoms with E-state index in [-0.39, 0.29) is 6.54 Å². The lowest BCUT2D eigenvalue weighted by Crippen LogP contribution is -2.36. The van der Waals surface area contributed by atoms with Crippen molar-refractivity contribution in [3.8, 4) is 0 Å².